The molecule has 4 rings (SSSR count). The molecule has 18 heteroatoms. The Labute approximate surface area is 249 Å². The number of carbonyl (C=O) groups is 2. The highest BCUT2D eigenvalue weighted by Crippen LogP contribution is 2.33. The van der Waals surface area contributed by atoms with Crippen molar-refractivity contribution in [1.29, 1.82) is 0 Å². The summed E-state index contributed by atoms with van der Waals surface area (Å²) in [4.78, 5) is 28.1. The van der Waals surface area contributed by atoms with E-state index in [9.17, 15) is 36.4 Å². The molecule has 0 saturated carbocycles. The van der Waals surface area contributed by atoms with Crippen molar-refractivity contribution in [2.75, 3.05) is 26.5 Å². The van der Waals surface area contributed by atoms with Crippen LogP contribution in [-0.2, 0) is 35.3 Å². The third-order valence-electron chi connectivity index (χ3n) is 6.37. The Morgan fingerprint density at radius 2 is 1.82 bits per heavy atom. The fraction of sp³-hybridized carbons (Fsp3) is 0.346. The molecule has 1 atom stereocenters. The third-order valence-corrected chi connectivity index (χ3v) is 7.74. The number of hydrogen-bond acceptors (Lipinski definition) is 10. The molecule has 1 amide bonds. The Bertz CT molecular complexity index is 1630. The van der Waals surface area contributed by atoms with Gasteiger partial charge in [-0.15, -0.1) is 5.01 Å². The largest absolute Gasteiger partial charge is 0.569 e. The van der Waals surface area contributed by atoms with Gasteiger partial charge in [0.2, 0.25) is 11.2 Å². The SMILES string of the molecule is CCOC(=O)OCO/N=[N+](\[O-])N1CCC(C(=O)NS(=O)(=O)c2ccc(-n3nc(C(F)(F)F)cc3-c3ccc(C)cc3)cc2)C1. The highest BCUT2D eigenvalue weighted by Gasteiger charge is 2.36. The summed E-state index contributed by atoms with van der Waals surface area (Å²) in [5.41, 5.74) is 0.549. The first-order valence-electron chi connectivity index (χ1n) is 13.0. The van der Waals surface area contributed by atoms with Gasteiger partial charge >= 0.3 is 12.3 Å². The van der Waals surface area contributed by atoms with Crippen molar-refractivity contribution in [2.45, 2.75) is 31.3 Å². The molecule has 1 N–H and O–H groups in total. The summed E-state index contributed by atoms with van der Waals surface area (Å²) in [5.74, 6) is -1.77. The molecule has 1 aliphatic heterocycles. The van der Waals surface area contributed by atoms with Gasteiger partial charge in [-0.25, -0.2) is 22.6 Å². The van der Waals surface area contributed by atoms with Gasteiger partial charge in [-0.2, -0.15) is 18.3 Å². The number of aromatic nitrogens is 2. The highest BCUT2D eigenvalue weighted by atomic mass is 32.2. The van der Waals surface area contributed by atoms with E-state index in [4.69, 9.17) is 0 Å². The lowest BCUT2D eigenvalue weighted by molar-refractivity contribution is -0.708. The lowest BCUT2D eigenvalue weighted by Crippen LogP contribution is -2.37. The molecule has 1 aromatic heterocycles. The number of nitrogens with zero attached hydrogens (tertiary/aromatic N) is 5. The number of rotatable bonds is 10. The van der Waals surface area contributed by atoms with Gasteiger partial charge in [0.15, 0.2) is 5.69 Å². The molecular formula is C26H27F3N6O8S. The zero-order valence-corrected chi connectivity index (χ0v) is 24.2. The number of amides is 1. The molecule has 1 saturated heterocycles. The Kier molecular flexibility index (Phi) is 9.61. The molecule has 0 aliphatic carbocycles. The number of nitrogens with one attached hydrogen (secondary N) is 1. The van der Waals surface area contributed by atoms with Crippen molar-refractivity contribution >= 4 is 22.1 Å². The third kappa shape index (κ3) is 7.74. The van der Waals surface area contributed by atoms with Crippen molar-refractivity contribution < 1.29 is 50.5 Å². The maximum atomic E-state index is 13.5. The summed E-state index contributed by atoms with van der Waals surface area (Å²) in [6.45, 7) is 2.65. The minimum absolute atomic E-state index is 0.0410. The second kappa shape index (κ2) is 13.2. The first kappa shape index (κ1) is 32.1. The van der Waals surface area contributed by atoms with E-state index in [0.717, 1.165) is 33.5 Å². The number of benzene rings is 2. The molecular weight excluding hydrogens is 613 g/mol. The molecule has 1 fully saturated rings. The number of sulfonamides is 1. The second-order valence-corrected chi connectivity index (χ2v) is 11.1. The summed E-state index contributed by atoms with van der Waals surface area (Å²) in [6.07, 6.45) is -5.61. The maximum absolute atomic E-state index is 13.5. The minimum atomic E-state index is -4.71. The van der Waals surface area contributed by atoms with E-state index >= 15 is 0 Å². The quantitative estimate of drug-likeness (QED) is 0.0856. The van der Waals surface area contributed by atoms with Crippen molar-refractivity contribution in [1.82, 2.24) is 19.5 Å². The van der Waals surface area contributed by atoms with Crippen molar-refractivity contribution in [2.24, 2.45) is 11.2 Å². The van der Waals surface area contributed by atoms with E-state index in [1.54, 1.807) is 31.2 Å². The molecule has 14 nitrogen and oxygen atoms in total. The van der Waals surface area contributed by atoms with Crippen LogP contribution in [0.3, 0.4) is 0 Å². The fourth-order valence-corrected chi connectivity index (χ4v) is 5.20. The highest BCUT2D eigenvalue weighted by molar-refractivity contribution is 7.90. The molecule has 0 bridgehead atoms. The van der Waals surface area contributed by atoms with E-state index in [1.165, 1.54) is 12.1 Å². The first-order valence-corrected chi connectivity index (χ1v) is 14.5. The number of carbonyl (C=O) groups excluding carboxylic acids is 2. The number of ether oxygens (including phenoxy) is 2. The van der Waals surface area contributed by atoms with E-state index in [-0.39, 0.29) is 47.4 Å². The summed E-state index contributed by atoms with van der Waals surface area (Å²) < 4.78 is 78.3. The smallest absolute Gasteiger partial charge is 0.511 e. The molecule has 44 heavy (non-hydrogen) atoms. The molecule has 2 heterocycles. The van der Waals surface area contributed by atoms with Gasteiger partial charge in [0, 0.05) is 5.56 Å². The van der Waals surface area contributed by atoms with Gasteiger partial charge in [0.05, 0.1) is 46.9 Å². The number of hydrazine groups is 1. The monoisotopic (exact) mass is 640 g/mol. The van der Waals surface area contributed by atoms with Crippen LogP contribution in [0.5, 0.6) is 0 Å². The van der Waals surface area contributed by atoms with Crippen LogP contribution in [0.1, 0.15) is 24.6 Å². The standard InChI is InChI=1S/C26H27F3N6O8S/c1-3-41-25(37)42-16-43-32-35(38)33-13-12-19(15-33)24(36)31-44(39,40)21-10-8-20(9-11-21)34-22(14-23(30-34)26(27,28)29)18-6-4-17(2)5-7-18/h4-11,14,19H,3,12-13,15-16H2,1-2H3,(H,31,36)/b35-32-. The number of alkyl halides is 3. The molecule has 0 spiro atoms. The maximum Gasteiger partial charge on any atom is 0.511 e. The van der Waals surface area contributed by atoms with E-state index < -0.39 is 46.7 Å². The topological polar surface area (TPSA) is 167 Å². The Morgan fingerprint density at radius 3 is 2.45 bits per heavy atom. The van der Waals surface area contributed by atoms with Gasteiger partial charge < -0.3 is 19.5 Å². The summed E-state index contributed by atoms with van der Waals surface area (Å²) in [5, 5.41) is 20.0. The van der Waals surface area contributed by atoms with Crippen LogP contribution in [0, 0.1) is 18.0 Å². The molecule has 1 unspecified atom stereocenters. The Hall–Kier alpha value is -4.87. The Balaban J connectivity index is 1.42. The van der Waals surface area contributed by atoms with E-state index in [0.29, 0.717) is 5.56 Å². The van der Waals surface area contributed by atoms with Crippen LogP contribution in [0.15, 0.2) is 64.8 Å². The predicted molar refractivity (Wildman–Crippen MR) is 144 cm³/mol. The van der Waals surface area contributed by atoms with Crippen LogP contribution in [0.4, 0.5) is 18.0 Å². The minimum Gasteiger partial charge on any atom is -0.569 e. The summed E-state index contributed by atoms with van der Waals surface area (Å²) in [7, 11) is -4.38. The predicted octanol–water partition coefficient (Wildman–Crippen LogP) is 3.93. The molecule has 0 radical (unpaired) electrons. The van der Waals surface area contributed by atoms with Crippen LogP contribution in [-0.4, -0.2) is 66.7 Å². The first-order chi connectivity index (χ1) is 20.8. The zero-order valence-electron chi connectivity index (χ0n) is 23.4. The normalized spacial score (nSPS) is 15.6. The van der Waals surface area contributed by atoms with Gasteiger partial charge in [-0.05, 0) is 50.6 Å². The van der Waals surface area contributed by atoms with Crippen molar-refractivity contribution in [3.63, 3.8) is 0 Å². The van der Waals surface area contributed by atoms with Gasteiger partial charge in [-0.3, -0.25) is 4.79 Å². The average Bonchev–Trinajstić information content (AvgIpc) is 3.65. The van der Waals surface area contributed by atoms with Crippen LogP contribution in [0.2, 0.25) is 0 Å². The molecule has 236 valence electrons. The molecule has 3 aromatic rings. The van der Waals surface area contributed by atoms with Gasteiger partial charge in [0.1, 0.15) is 0 Å². The van der Waals surface area contributed by atoms with Crippen LogP contribution < -0.4 is 4.72 Å². The number of hydrogen-bond donors (Lipinski definition) is 1. The lowest BCUT2D eigenvalue weighted by atomic mass is 10.1. The Morgan fingerprint density at radius 1 is 1.14 bits per heavy atom. The molecule has 1 aliphatic rings. The van der Waals surface area contributed by atoms with Crippen LogP contribution >= 0.6 is 0 Å². The van der Waals surface area contributed by atoms with E-state index in [2.05, 4.69) is 24.7 Å². The number of aryl methyl sites for hydroxylation is 1. The summed E-state index contributed by atoms with van der Waals surface area (Å²) in [6, 6.07) is 12.5. The number of halogens is 3. The zero-order chi connectivity index (χ0) is 32.1. The average molecular weight is 641 g/mol. The second-order valence-electron chi connectivity index (χ2n) is 9.46. The van der Waals surface area contributed by atoms with Crippen molar-refractivity contribution in [3.8, 4) is 16.9 Å². The lowest BCUT2D eigenvalue weighted by Gasteiger charge is -2.13. The van der Waals surface area contributed by atoms with Gasteiger partial charge in [-0.1, -0.05) is 29.8 Å². The van der Waals surface area contributed by atoms with E-state index in [1.807, 2.05) is 11.6 Å². The van der Waals surface area contributed by atoms with Crippen molar-refractivity contribution in [3.05, 3.63) is 71.1 Å². The fourth-order valence-electron chi connectivity index (χ4n) is 4.16. The molecule has 2 aromatic carbocycles. The van der Waals surface area contributed by atoms with Crippen LogP contribution in [0.25, 0.3) is 16.9 Å². The van der Waals surface area contributed by atoms with Gasteiger partial charge in [0.25, 0.3) is 16.8 Å². The summed E-state index contributed by atoms with van der Waals surface area (Å²) >= 11 is 0.